The molecule has 1 fully saturated rings. The number of aliphatic hydroxyl groups is 1. The third kappa shape index (κ3) is 5.00. The number of amides is 1. The number of rotatable bonds is 6. The van der Waals surface area contributed by atoms with Gasteiger partial charge in [0.1, 0.15) is 6.61 Å². The van der Waals surface area contributed by atoms with E-state index in [4.69, 9.17) is 9.84 Å². The molecule has 1 aliphatic heterocycles. The van der Waals surface area contributed by atoms with Gasteiger partial charge in [0.2, 0.25) is 0 Å². The Morgan fingerprint density at radius 2 is 2.00 bits per heavy atom. The molecule has 0 radical (unpaired) electrons. The van der Waals surface area contributed by atoms with Crippen molar-refractivity contribution in [2.24, 2.45) is 0 Å². The zero-order valence-electron chi connectivity index (χ0n) is 13.3. The van der Waals surface area contributed by atoms with Crippen LogP contribution < -0.4 is 0 Å². The summed E-state index contributed by atoms with van der Waals surface area (Å²) in [7, 11) is 2.10. The van der Waals surface area contributed by atoms with Gasteiger partial charge < -0.3 is 19.6 Å². The lowest BCUT2D eigenvalue weighted by Crippen LogP contribution is -2.47. The monoisotopic (exact) mass is 306 g/mol. The van der Waals surface area contributed by atoms with Gasteiger partial charge in [-0.2, -0.15) is 0 Å². The molecule has 0 unspecified atom stereocenters. The molecule has 0 aliphatic carbocycles. The van der Waals surface area contributed by atoms with E-state index in [0.29, 0.717) is 19.6 Å². The van der Waals surface area contributed by atoms with Gasteiger partial charge >= 0.3 is 6.09 Å². The van der Waals surface area contributed by atoms with Crippen LogP contribution in [0.25, 0.3) is 0 Å². The minimum Gasteiger partial charge on any atom is -0.445 e. The largest absolute Gasteiger partial charge is 0.445 e. The third-order valence-corrected chi connectivity index (χ3v) is 4.13. The van der Waals surface area contributed by atoms with Gasteiger partial charge in [-0.3, -0.25) is 0 Å². The summed E-state index contributed by atoms with van der Waals surface area (Å²) in [4.78, 5) is 16.5. The van der Waals surface area contributed by atoms with Gasteiger partial charge in [-0.25, -0.2) is 4.79 Å². The Labute approximate surface area is 132 Å². The van der Waals surface area contributed by atoms with Crippen molar-refractivity contribution in [1.82, 2.24) is 9.80 Å². The molecule has 1 saturated heterocycles. The number of ether oxygens (including phenoxy) is 1. The second-order valence-electron chi connectivity index (χ2n) is 5.85. The second-order valence-corrected chi connectivity index (χ2v) is 5.85. The molecule has 2 rings (SSSR count). The summed E-state index contributed by atoms with van der Waals surface area (Å²) in [5, 5.41) is 9.06. The highest BCUT2D eigenvalue weighted by molar-refractivity contribution is 5.68. The van der Waals surface area contributed by atoms with E-state index >= 15 is 0 Å². The van der Waals surface area contributed by atoms with Crippen molar-refractivity contribution in [2.75, 3.05) is 33.3 Å². The molecular formula is C17H26N2O3. The highest BCUT2D eigenvalue weighted by Crippen LogP contribution is 2.17. The molecule has 1 N–H and O–H groups in total. The first kappa shape index (κ1) is 16.8. The Morgan fingerprint density at radius 3 is 2.64 bits per heavy atom. The van der Waals surface area contributed by atoms with E-state index in [1.54, 1.807) is 4.90 Å². The highest BCUT2D eigenvalue weighted by atomic mass is 16.6. The Balaban J connectivity index is 1.90. The van der Waals surface area contributed by atoms with Gasteiger partial charge in [0.25, 0.3) is 0 Å². The summed E-state index contributed by atoms with van der Waals surface area (Å²) >= 11 is 0. The number of likely N-dealkylation sites (tertiary alicyclic amines) is 1. The van der Waals surface area contributed by atoms with Gasteiger partial charge in [-0.1, -0.05) is 30.3 Å². The molecule has 0 bridgehead atoms. The summed E-state index contributed by atoms with van der Waals surface area (Å²) in [5.74, 6) is 0. The van der Waals surface area contributed by atoms with Crippen molar-refractivity contribution in [3.63, 3.8) is 0 Å². The fourth-order valence-electron chi connectivity index (χ4n) is 2.77. The Bertz CT molecular complexity index is 444. The van der Waals surface area contributed by atoms with Crippen LogP contribution in [-0.4, -0.2) is 60.3 Å². The molecule has 0 aromatic heterocycles. The molecule has 1 heterocycles. The molecule has 1 aromatic carbocycles. The van der Waals surface area contributed by atoms with Crippen LogP contribution in [0.15, 0.2) is 30.3 Å². The zero-order chi connectivity index (χ0) is 15.8. The Hall–Kier alpha value is -1.59. The van der Waals surface area contributed by atoms with E-state index in [1.807, 2.05) is 30.3 Å². The maximum Gasteiger partial charge on any atom is 0.410 e. The van der Waals surface area contributed by atoms with Crippen LogP contribution in [-0.2, 0) is 11.3 Å². The van der Waals surface area contributed by atoms with Crippen LogP contribution in [0.2, 0.25) is 0 Å². The van der Waals surface area contributed by atoms with Crippen molar-refractivity contribution >= 4 is 6.09 Å². The molecule has 22 heavy (non-hydrogen) atoms. The number of nitrogens with zero attached hydrogens (tertiary/aromatic N) is 2. The first-order valence-corrected chi connectivity index (χ1v) is 7.97. The molecular weight excluding hydrogens is 280 g/mol. The number of benzene rings is 1. The molecule has 1 aromatic rings. The average molecular weight is 306 g/mol. The molecule has 5 nitrogen and oxygen atoms in total. The Kier molecular flexibility index (Phi) is 6.68. The fourth-order valence-corrected chi connectivity index (χ4v) is 2.77. The van der Waals surface area contributed by atoms with Crippen LogP contribution in [0.3, 0.4) is 0 Å². The number of carbonyl (C=O) groups is 1. The van der Waals surface area contributed by atoms with Gasteiger partial charge in [-0.05, 0) is 45.0 Å². The first-order chi connectivity index (χ1) is 10.7. The quantitative estimate of drug-likeness (QED) is 0.874. The number of aliphatic hydroxyl groups excluding tert-OH is 1. The molecule has 5 heteroatoms. The van der Waals surface area contributed by atoms with Gasteiger partial charge in [0, 0.05) is 19.2 Å². The first-order valence-electron chi connectivity index (χ1n) is 7.97. The lowest BCUT2D eigenvalue weighted by Gasteiger charge is -2.36. The van der Waals surface area contributed by atoms with E-state index in [1.165, 1.54) is 0 Å². The van der Waals surface area contributed by atoms with E-state index in [-0.39, 0.29) is 18.7 Å². The van der Waals surface area contributed by atoms with E-state index < -0.39 is 0 Å². The number of hydrogen-bond donors (Lipinski definition) is 1. The van der Waals surface area contributed by atoms with E-state index in [2.05, 4.69) is 11.9 Å². The van der Waals surface area contributed by atoms with Crippen LogP contribution in [0.5, 0.6) is 0 Å². The fraction of sp³-hybridized carbons (Fsp3) is 0.588. The van der Waals surface area contributed by atoms with Crippen LogP contribution in [0.1, 0.15) is 24.8 Å². The van der Waals surface area contributed by atoms with Crippen molar-refractivity contribution in [3.05, 3.63) is 35.9 Å². The van der Waals surface area contributed by atoms with Gasteiger partial charge in [0.05, 0.1) is 0 Å². The second kappa shape index (κ2) is 8.76. The lowest BCUT2D eigenvalue weighted by molar-refractivity contribution is 0.0611. The summed E-state index contributed by atoms with van der Waals surface area (Å²) in [5.41, 5.74) is 0.987. The van der Waals surface area contributed by atoms with Crippen molar-refractivity contribution < 1.29 is 14.6 Å². The van der Waals surface area contributed by atoms with Crippen molar-refractivity contribution in [3.8, 4) is 0 Å². The highest BCUT2D eigenvalue weighted by Gasteiger charge is 2.27. The number of piperidine rings is 1. The van der Waals surface area contributed by atoms with Gasteiger partial charge in [0.15, 0.2) is 0 Å². The lowest BCUT2D eigenvalue weighted by atomic mass is 10.0. The molecule has 122 valence electrons. The molecule has 1 amide bonds. The molecule has 1 aliphatic rings. The standard InChI is InChI=1S/C17H26N2O3/c1-18-11-8-16(9-12-18)19(10-5-13-20)17(21)22-14-15-6-3-2-4-7-15/h2-4,6-7,16,20H,5,8-14H2,1H3. The predicted octanol–water partition coefficient (Wildman–Crippen LogP) is 2.10. The van der Waals surface area contributed by atoms with Crippen LogP contribution >= 0.6 is 0 Å². The zero-order valence-corrected chi connectivity index (χ0v) is 13.3. The van der Waals surface area contributed by atoms with E-state index in [0.717, 1.165) is 31.5 Å². The minimum absolute atomic E-state index is 0.0923. The molecule has 0 spiro atoms. The minimum atomic E-state index is -0.271. The summed E-state index contributed by atoms with van der Waals surface area (Å²) in [6.45, 7) is 2.92. The maximum absolute atomic E-state index is 12.4. The SMILES string of the molecule is CN1CCC(N(CCCO)C(=O)OCc2ccccc2)CC1. The predicted molar refractivity (Wildman–Crippen MR) is 85.6 cm³/mol. The van der Waals surface area contributed by atoms with Crippen LogP contribution in [0.4, 0.5) is 4.79 Å². The average Bonchev–Trinajstić information content (AvgIpc) is 2.56. The van der Waals surface area contributed by atoms with Gasteiger partial charge in [-0.15, -0.1) is 0 Å². The number of hydrogen-bond acceptors (Lipinski definition) is 4. The van der Waals surface area contributed by atoms with Crippen molar-refractivity contribution in [1.29, 1.82) is 0 Å². The molecule has 0 atom stereocenters. The number of carbonyl (C=O) groups excluding carboxylic acids is 1. The third-order valence-electron chi connectivity index (χ3n) is 4.13. The van der Waals surface area contributed by atoms with E-state index in [9.17, 15) is 4.79 Å². The molecule has 0 saturated carbocycles. The Morgan fingerprint density at radius 1 is 1.32 bits per heavy atom. The normalized spacial score (nSPS) is 16.5. The topological polar surface area (TPSA) is 53.0 Å². The summed E-state index contributed by atoms with van der Waals surface area (Å²) < 4.78 is 5.46. The van der Waals surface area contributed by atoms with Crippen molar-refractivity contribution in [2.45, 2.75) is 31.9 Å². The summed E-state index contributed by atoms with van der Waals surface area (Å²) in [6, 6.07) is 9.91. The smallest absolute Gasteiger partial charge is 0.410 e. The maximum atomic E-state index is 12.4. The van der Waals surface area contributed by atoms with Crippen LogP contribution in [0, 0.1) is 0 Å². The summed E-state index contributed by atoms with van der Waals surface area (Å²) in [6.07, 6.45) is 2.24.